The lowest BCUT2D eigenvalue weighted by atomic mass is 9.80. The van der Waals surface area contributed by atoms with Crippen molar-refractivity contribution in [2.45, 2.75) is 32.1 Å². The average Bonchev–Trinajstić information content (AvgIpc) is 2.49. The van der Waals surface area contributed by atoms with E-state index < -0.39 is 0 Å². The van der Waals surface area contributed by atoms with E-state index in [1.807, 2.05) is 0 Å². The van der Waals surface area contributed by atoms with Gasteiger partial charge in [-0.15, -0.1) is 0 Å². The molecule has 0 aliphatic heterocycles. The molecule has 1 heteroatoms. The average molecular weight is 322 g/mol. The first kappa shape index (κ1) is 10.6. The third-order valence-corrected chi connectivity index (χ3v) is 4.50. The molecule has 2 aliphatic rings. The van der Waals surface area contributed by atoms with Crippen LogP contribution in [0.5, 0.6) is 0 Å². The Hall–Kier alpha value is -0.570. The Morgan fingerprint density at radius 2 is 2.06 bits per heavy atom. The van der Waals surface area contributed by atoms with Crippen molar-refractivity contribution in [3.05, 3.63) is 50.6 Å². The highest BCUT2D eigenvalue weighted by atomic mass is 127. The van der Waals surface area contributed by atoms with Gasteiger partial charge in [0.05, 0.1) is 0 Å². The van der Waals surface area contributed by atoms with E-state index in [9.17, 15) is 0 Å². The van der Waals surface area contributed by atoms with Crippen LogP contribution in [-0.2, 0) is 5.41 Å². The van der Waals surface area contributed by atoms with E-state index in [0.29, 0.717) is 0 Å². The third kappa shape index (κ3) is 1.33. The summed E-state index contributed by atoms with van der Waals surface area (Å²) >= 11 is 2.41. The lowest BCUT2D eigenvalue weighted by Gasteiger charge is -2.24. The molecule has 0 nitrogen and oxygen atoms in total. The molecule has 1 aromatic rings. The van der Waals surface area contributed by atoms with Gasteiger partial charge < -0.3 is 0 Å². The fraction of sp³-hybridized carbons (Fsp3) is 0.333. The van der Waals surface area contributed by atoms with Crippen molar-refractivity contribution in [2.24, 2.45) is 0 Å². The maximum atomic E-state index is 2.41. The Morgan fingerprint density at radius 1 is 1.25 bits per heavy atom. The van der Waals surface area contributed by atoms with Crippen molar-refractivity contribution in [3.63, 3.8) is 0 Å². The van der Waals surface area contributed by atoms with Crippen LogP contribution >= 0.6 is 22.6 Å². The lowest BCUT2D eigenvalue weighted by molar-refractivity contribution is 0.651. The number of hydrogen-bond acceptors (Lipinski definition) is 0. The Kier molecular flexibility index (Phi) is 2.29. The number of halogens is 1. The molecule has 0 saturated carbocycles. The Balaban J connectivity index is 2.28. The second kappa shape index (κ2) is 3.46. The topological polar surface area (TPSA) is 0 Å². The van der Waals surface area contributed by atoms with E-state index in [0.717, 1.165) is 0 Å². The molecule has 0 heterocycles. The molecule has 0 bridgehead atoms. The molecule has 0 atom stereocenters. The molecule has 0 saturated heterocycles. The van der Waals surface area contributed by atoms with Gasteiger partial charge in [-0.3, -0.25) is 0 Å². The SMILES string of the molecule is CC1(C)C2=C(CCC=C2)c2ccc(I)cc21. The van der Waals surface area contributed by atoms with Crippen LogP contribution in [0.15, 0.2) is 35.9 Å². The highest BCUT2D eigenvalue weighted by molar-refractivity contribution is 14.1. The van der Waals surface area contributed by atoms with E-state index in [1.165, 1.54) is 33.1 Å². The summed E-state index contributed by atoms with van der Waals surface area (Å²) in [5, 5.41) is 0. The highest BCUT2D eigenvalue weighted by Gasteiger charge is 2.36. The molecule has 0 fully saturated rings. The Bertz CT molecular complexity index is 518. The fourth-order valence-electron chi connectivity index (χ4n) is 2.97. The summed E-state index contributed by atoms with van der Waals surface area (Å²) in [6, 6.07) is 6.88. The van der Waals surface area contributed by atoms with Crippen LogP contribution in [0.25, 0.3) is 5.57 Å². The predicted octanol–water partition coefficient (Wildman–Crippen LogP) is 4.69. The van der Waals surface area contributed by atoms with Gasteiger partial charge >= 0.3 is 0 Å². The molecule has 0 radical (unpaired) electrons. The van der Waals surface area contributed by atoms with E-state index in [4.69, 9.17) is 0 Å². The molecule has 0 unspecified atom stereocenters. The monoisotopic (exact) mass is 322 g/mol. The normalized spacial score (nSPS) is 20.9. The Labute approximate surface area is 111 Å². The maximum Gasteiger partial charge on any atom is 0.0155 e. The minimum absolute atomic E-state index is 0.197. The summed E-state index contributed by atoms with van der Waals surface area (Å²) in [7, 11) is 0. The second-order valence-electron chi connectivity index (χ2n) is 5.15. The largest absolute Gasteiger partial charge is 0.0839 e. The smallest absolute Gasteiger partial charge is 0.0155 e. The first-order valence-electron chi connectivity index (χ1n) is 5.81. The second-order valence-corrected chi connectivity index (χ2v) is 6.39. The number of fused-ring (bicyclic) bond motifs is 2. The number of allylic oxidation sites excluding steroid dienone is 4. The third-order valence-electron chi connectivity index (χ3n) is 3.82. The van der Waals surface area contributed by atoms with Gasteiger partial charge in [0.1, 0.15) is 0 Å². The quantitative estimate of drug-likeness (QED) is 0.608. The summed E-state index contributed by atoms with van der Waals surface area (Å²) in [4.78, 5) is 0. The van der Waals surface area contributed by atoms with Gasteiger partial charge in [-0.2, -0.15) is 0 Å². The van der Waals surface area contributed by atoms with E-state index >= 15 is 0 Å². The molecule has 0 N–H and O–H groups in total. The standard InChI is InChI=1S/C15H15I/c1-15(2)13-6-4-3-5-11(13)12-8-7-10(16)9-14(12)15/h4,6-9H,3,5H2,1-2H3. The van der Waals surface area contributed by atoms with Gasteiger partial charge in [0, 0.05) is 8.99 Å². The molecule has 16 heavy (non-hydrogen) atoms. The van der Waals surface area contributed by atoms with Crippen molar-refractivity contribution >= 4 is 28.2 Å². The van der Waals surface area contributed by atoms with Crippen molar-refractivity contribution in [3.8, 4) is 0 Å². The summed E-state index contributed by atoms with van der Waals surface area (Å²) in [6.45, 7) is 4.69. The fourth-order valence-corrected chi connectivity index (χ4v) is 3.46. The van der Waals surface area contributed by atoms with Crippen molar-refractivity contribution in [1.29, 1.82) is 0 Å². The minimum atomic E-state index is 0.197. The van der Waals surface area contributed by atoms with Crippen molar-refractivity contribution < 1.29 is 0 Å². The number of rotatable bonds is 0. The van der Waals surface area contributed by atoms with Crippen LogP contribution < -0.4 is 0 Å². The minimum Gasteiger partial charge on any atom is -0.0839 e. The van der Waals surface area contributed by atoms with Gasteiger partial charge in [-0.25, -0.2) is 0 Å². The highest BCUT2D eigenvalue weighted by Crippen LogP contribution is 2.49. The molecule has 0 aromatic heterocycles. The molecule has 0 amide bonds. The zero-order valence-electron chi connectivity index (χ0n) is 9.68. The molecule has 82 valence electrons. The van der Waals surface area contributed by atoms with Crippen LogP contribution in [0.4, 0.5) is 0 Å². The molecule has 1 aromatic carbocycles. The molecule has 0 spiro atoms. The maximum absolute atomic E-state index is 2.41. The van der Waals surface area contributed by atoms with Crippen LogP contribution in [0.3, 0.4) is 0 Å². The number of benzene rings is 1. The van der Waals surface area contributed by atoms with Crippen LogP contribution in [-0.4, -0.2) is 0 Å². The van der Waals surface area contributed by atoms with Gasteiger partial charge in [-0.05, 0) is 69.8 Å². The number of hydrogen-bond donors (Lipinski definition) is 0. The van der Waals surface area contributed by atoms with Crippen LogP contribution in [0.1, 0.15) is 37.8 Å². The molecule has 2 aliphatic carbocycles. The van der Waals surface area contributed by atoms with E-state index in [-0.39, 0.29) is 5.41 Å². The van der Waals surface area contributed by atoms with E-state index in [2.05, 4.69) is 66.8 Å². The zero-order valence-corrected chi connectivity index (χ0v) is 11.8. The van der Waals surface area contributed by atoms with Crippen molar-refractivity contribution in [2.75, 3.05) is 0 Å². The zero-order chi connectivity index (χ0) is 11.3. The lowest BCUT2D eigenvalue weighted by Crippen LogP contribution is -2.16. The summed E-state index contributed by atoms with van der Waals surface area (Å²) < 4.78 is 1.34. The van der Waals surface area contributed by atoms with Crippen LogP contribution in [0.2, 0.25) is 0 Å². The molecular formula is C15H15I. The summed E-state index contributed by atoms with van der Waals surface area (Å²) in [5.74, 6) is 0. The predicted molar refractivity (Wildman–Crippen MR) is 77.5 cm³/mol. The van der Waals surface area contributed by atoms with Gasteiger partial charge in [-0.1, -0.05) is 32.1 Å². The Morgan fingerprint density at radius 3 is 2.88 bits per heavy atom. The van der Waals surface area contributed by atoms with Gasteiger partial charge in [0.2, 0.25) is 0 Å². The van der Waals surface area contributed by atoms with Gasteiger partial charge in [0.15, 0.2) is 0 Å². The van der Waals surface area contributed by atoms with Crippen LogP contribution in [0, 0.1) is 3.57 Å². The molecule has 3 rings (SSSR count). The first-order chi connectivity index (χ1) is 7.60. The van der Waals surface area contributed by atoms with E-state index in [1.54, 1.807) is 5.57 Å². The van der Waals surface area contributed by atoms with Gasteiger partial charge in [0.25, 0.3) is 0 Å². The summed E-state index contributed by atoms with van der Waals surface area (Å²) in [6.07, 6.45) is 7.06. The van der Waals surface area contributed by atoms with Crippen molar-refractivity contribution in [1.82, 2.24) is 0 Å². The molecular weight excluding hydrogens is 307 g/mol. The first-order valence-corrected chi connectivity index (χ1v) is 6.89. The summed E-state index contributed by atoms with van der Waals surface area (Å²) in [5.41, 5.74) is 6.32.